The van der Waals surface area contributed by atoms with Crippen LogP contribution in [0.25, 0.3) is 0 Å². The Bertz CT molecular complexity index is 454. The van der Waals surface area contributed by atoms with E-state index in [4.69, 9.17) is 0 Å². The van der Waals surface area contributed by atoms with Crippen molar-refractivity contribution in [2.75, 3.05) is 12.3 Å². The highest BCUT2D eigenvalue weighted by Crippen LogP contribution is 2.09. The predicted molar refractivity (Wildman–Crippen MR) is 71.8 cm³/mol. The van der Waals surface area contributed by atoms with E-state index in [2.05, 4.69) is 5.32 Å². The summed E-state index contributed by atoms with van der Waals surface area (Å²) in [4.78, 5) is 0. The number of sulfone groups is 1. The zero-order chi connectivity index (χ0) is 12.9. The molecule has 0 aliphatic carbocycles. The lowest BCUT2D eigenvalue weighted by molar-refractivity contribution is 0.565. The van der Waals surface area contributed by atoms with Gasteiger partial charge in [-0.3, -0.25) is 0 Å². The molecule has 4 heteroatoms. The van der Waals surface area contributed by atoms with Crippen LogP contribution in [-0.2, 0) is 15.6 Å². The molecule has 1 aromatic rings. The number of benzene rings is 1. The van der Waals surface area contributed by atoms with Gasteiger partial charge < -0.3 is 5.32 Å². The van der Waals surface area contributed by atoms with Crippen molar-refractivity contribution in [3.63, 3.8) is 0 Å². The molecular weight excluding hydrogens is 234 g/mol. The quantitative estimate of drug-likeness (QED) is 0.844. The maximum atomic E-state index is 12.0. The van der Waals surface area contributed by atoms with Crippen LogP contribution in [0.1, 0.15) is 25.0 Å². The molecule has 0 radical (unpaired) electrons. The Morgan fingerprint density at radius 3 is 2.65 bits per heavy atom. The minimum absolute atomic E-state index is 0.00908. The highest BCUT2D eigenvalue weighted by atomic mass is 32.2. The van der Waals surface area contributed by atoms with Crippen molar-refractivity contribution in [3.8, 4) is 0 Å². The lowest BCUT2D eigenvalue weighted by Gasteiger charge is -2.12. The van der Waals surface area contributed by atoms with Gasteiger partial charge in [0.25, 0.3) is 0 Å². The molecule has 0 aliphatic heterocycles. The second-order valence-electron chi connectivity index (χ2n) is 4.50. The summed E-state index contributed by atoms with van der Waals surface area (Å²) in [6.45, 7) is 6.64. The van der Waals surface area contributed by atoms with Gasteiger partial charge in [-0.25, -0.2) is 8.42 Å². The third kappa shape index (κ3) is 5.33. The fourth-order valence-electron chi connectivity index (χ4n) is 1.90. The summed E-state index contributed by atoms with van der Waals surface area (Å²) in [7, 11) is -3.04. The molecule has 0 aromatic heterocycles. The van der Waals surface area contributed by atoms with Gasteiger partial charge in [-0.1, -0.05) is 36.8 Å². The van der Waals surface area contributed by atoms with Crippen LogP contribution in [0, 0.1) is 6.92 Å². The van der Waals surface area contributed by atoms with E-state index < -0.39 is 9.84 Å². The fourth-order valence-corrected chi connectivity index (χ4v) is 3.59. The Kier molecular flexibility index (Phi) is 5.15. The lowest BCUT2D eigenvalue weighted by Crippen LogP contribution is -2.33. The fraction of sp³-hybridized carbons (Fsp3) is 0.538. The average molecular weight is 255 g/mol. The number of nitrogens with one attached hydrogen (secondary N) is 1. The van der Waals surface area contributed by atoms with Crippen LogP contribution >= 0.6 is 0 Å². The zero-order valence-electron chi connectivity index (χ0n) is 10.7. The summed E-state index contributed by atoms with van der Waals surface area (Å²) in [5.74, 6) is 0.319. The molecule has 17 heavy (non-hydrogen) atoms. The molecule has 1 N–H and O–H groups in total. The van der Waals surface area contributed by atoms with Crippen molar-refractivity contribution in [3.05, 3.63) is 35.4 Å². The van der Waals surface area contributed by atoms with Crippen LogP contribution in [0.4, 0.5) is 0 Å². The third-order valence-corrected chi connectivity index (χ3v) is 4.31. The molecule has 1 rings (SSSR count). The monoisotopic (exact) mass is 255 g/mol. The van der Waals surface area contributed by atoms with Crippen molar-refractivity contribution >= 4 is 9.84 Å². The van der Waals surface area contributed by atoms with Crippen molar-refractivity contribution in [2.24, 2.45) is 0 Å². The number of hydrogen-bond acceptors (Lipinski definition) is 3. The van der Waals surface area contributed by atoms with E-state index in [9.17, 15) is 8.42 Å². The SMILES string of the molecule is CCNC(C)CS(=O)(=O)Cc1cccc(C)c1. The van der Waals surface area contributed by atoms with Gasteiger partial charge in [-0.05, 0) is 26.0 Å². The molecule has 1 atom stereocenters. The molecule has 0 heterocycles. The lowest BCUT2D eigenvalue weighted by atomic mass is 10.2. The molecule has 3 nitrogen and oxygen atoms in total. The van der Waals surface area contributed by atoms with E-state index in [0.717, 1.165) is 17.7 Å². The van der Waals surface area contributed by atoms with Gasteiger partial charge in [0, 0.05) is 6.04 Å². The number of hydrogen-bond donors (Lipinski definition) is 1. The van der Waals surface area contributed by atoms with Crippen LogP contribution < -0.4 is 5.32 Å². The second kappa shape index (κ2) is 6.17. The van der Waals surface area contributed by atoms with Gasteiger partial charge in [-0.2, -0.15) is 0 Å². The van der Waals surface area contributed by atoms with Gasteiger partial charge in [0.2, 0.25) is 0 Å². The summed E-state index contributed by atoms with van der Waals surface area (Å²) in [6, 6.07) is 7.67. The molecule has 0 spiro atoms. The van der Waals surface area contributed by atoms with Crippen LogP contribution in [0.5, 0.6) is 0 Å². The molecule has 0 fully saturated rings. The molecule has 1 unspecified atom stereocenters. The molecule has 0 bridgehead atoms. The normalized spacial score (nSPS) is 13.6. The minimum Gasteiger partial charge on any atom is -0.314 e. The van der Waals surface area contributed by atoms with Gasteiger partial charge >= 0.3 is 0 Å². The topological polar surface area (TPSA) is 46.2 Å². The van der Waals surface area contributed by atoms with E-state index in [1.165, 1.54) is 0 Å². The first-order valence-corrected chi connectivity index (χ1v) is 7.74. The Morgan fingerprint density at radius 1 is 1.35 bits per heavy atom. The molecule has 0 amide bonds. The van der Waals surface area contributed by atoms with E-state index in [0.29, 0.717) is 0 Å². The van der Waals surface area contributed by atoms with Gasteiger partial charge in [0.15, 0.2) is 9.84 Å². The molecule has 0 aliphatic rings. The first-order valence-electron chi connectivity index (χ1n) is 5.92. The number of rotatable bonds is 6. The van der Waals surface area contributed by atoms with Gasteiger partial charge in [0.05, 0.1) is 11.5 Å². The summed E-state index contributed by atoms with van der Waals surface area (Å²) in [5.41, 5.74) is 1.96. The van der Waals surface area contributed by atoms with Crippen LogP contribution in [0.15, 0.2) is 24.3 Å². The van der Waals surface area contributed by atoms with E-state index in [1.54, 1.807) is 0 Å². The van der Waals surface area contributed by atoms with Crippen LogP contribution in [0.2, 0.25) is 0 Å². The van der Waals surface area contributed by atoms with Gasteiger partial charge in [0.1, 0.15) is 0 Å². The highest BCUT2D eigenvalue weighted by Gasteiger charge is 2.15. The molecule has 96 valence electrons. The smallest absolute Gasteiger partial charge is 0.155 e. The molecule has 1 aromatic carbocycles. The standard InChI is InChI=1S/C13H21NO2S/c1-4-14-12(3)9-17(15,16)10-13-7-5-6-11(2)8-13/h5-8,12,14H,4,9-10H2,1-3H3. The number of aryl methyl sites for hydroxylation is 1. The van der Waals surface area contributed by atoms with Gasteiger partial charge in [-0.15, -0.1) is 0 Å². The van der Waals surface area contributed by atoms with Crippen molar-refractivity contribution in [1.82, 2.24) is 5.32 Å². The Labute approximate surface area is 104 Å². The molecular formula is C13H21NO2S. The Morgan fingerprint density at radius 2 is 2.06 bits per heavy atom. The van der Waals surface area contributed by atoms with E-state index >= 15 is 0 Å². The maximum absolute atomic E-state index is 12.0. The largest absolute Gasteiger partial charge is 0.314 e. The summed E-state index contributed by atoms with van der Waals surface area (Å²) in [5, 5.41) is 3.12. The van der Waals surface area contributed by atoms with Crippen molar-refractivity contribution in [2.45, 2.75) is 32.6 Å². The van der Waals surface area contributed by atoms with E-state index in [1.807, 2.05) is 45.0 Å². The zero-order valence-corrected chi connectivity index (χ0v) is 11.5. The van der Waals surface area contributed by atoms with Crippen molar-refractivity contribution in [1.29, 1.82) is 0 Å². The van der Waals surface area contributed by atoms with E-state index in [-0.39, 0.29) is 17.5 Å². The highest BCUT2D eigenvalue weighted by molar-refractivity contribution is 7.90. The average Bonchev–Trinajstić information content (AvgIpc) is 2.15. The van der Waals surface area contributed by atoms with Crippen LogP contribution in [-0.4, -0.2) is 26.8 Å². The summed E-state index contributed by atoms with van der Waals surface area (Å²) >= 11 is 0. The Balaban J connectivity index is 2.67. The molecule has 0 saturated carbocycles. The third-order valence-electron chi connectivity index (χ3n) is 2.53. The second-order valence-corrected chi connectivity index (χ2v) is 6.61. The minimum atomic E-state index is -3.04. The maximum Gasteiger partial charge on any atom is 0.155 e. The van der Waals surface area contributed by atoms with Crippen LogP contribution in [0.3, 0.4) is 0 Å². The first kappa shape index (κ1) is 14.2. The molecule has 0 saturated heterocycles. The Hall–Kier alpha value is -0.870. The summed E-state index contributed by atoms with van der Waals surface area (Å²) < 4.78 is 23.9. The predicted octanol–water partition coefficient (Wildman–Crippen LogP) is 1.91. The van der Waals surface area contributed by atoms with Crippen molar-refractivity contribution < 1.29 is 8.42 Å². The summed E-state index contributed by atoms with van der Waals surface area (Å²) in [6.07, 6.45) is 0. The first-order chi connectivity index (χ1) is 7.93.